The first kappa shape index (κ1) is 12.8. The van der Waals surface area contributed by atoms with Crippen molar-refractivity contribution in [3.05, 3.63) is 56.2 Å². The topological polar surface area (TPSA) is 12.0 Å². The summed E-state index contributed by atoms with van der Waals surface area (Å²) in [5.74, 6) is 0. The van der Waals surface area contributed by atoms with Gasteiger partial charge in [0.15, 0.2) is 0 Å². The highest BCUT2D eigenvalue weighted by Gasteiger charge is 2.07. The first-order valence-corrected chi connectivity index (χ1v) is 7.36. The summed E-state index contributed by atoms with van der Waals surface area (Å²) < 4.78 is 1.19. The van der Waals surface area contributed by atoms with Crippen LogP contribution in [0.2, 0.25) is 0 Å². The number of rotatable bonds is 4. The zero-order valence-electron chi connectivity index (χ0n) is 10.0. The molecule has 1 heterocycles. The summed E-state index contributed by atoms with van der Waals surface area (Å²) in [5.41, 5.74) is 4.06. The van der Waals surface area contributed by atoms with E-state index in [0.29, 0.717) is 6.04 Å². The van der Waals surface area contributed by atoms with E-state index < -0.39 is 0 Å². The highest BCUT2D eigenvalue weighted by atomic mass is 79.9. The number of aryl methyl sites for hydroxylation is 1. The lowest BCUT2D eigenvalue weighted by Gasteiger charge is -2.16. The van der Waals surface area contributed by atoms with E-state index in [2.05, 4.69) is 70.8 Å². The van der Waals surface area contributed by atoms with Crippen molar-refractivity contribution in [1.29, 1.82) is 0 Å². The molecule has 1 atom stereocenters. The van der Waals surface area contributed by atoms with Crippen molar-refractivity contribution >= 4 is 27.3 Å². The maximum atomic E-state index is 3.56. The van der Waals surface area contributed by atoms with Crippen LogP contribution in [-0.2, 0) is 6.54 Å². The third-order valence-electron chi connectivity index (χ3n) is 2.89. The highest BCUT2D eigenvalue weighted by molar-refractivity contribution is 9.11. The lowest BCUT2D eigenvalue weighted by atomic mass is 10.0. The number of hydrogen-bond donors (Lipinski definition) is 1. The number of halogens is 1. The van der Waals surface area contributed by atoms with Gasteiger partial charge in [0.05, 0.1) is 3.79 Å². The van der Waals surface area contributed by atoms with E-state index in [1.807, 2.05) is 0 Å². The molecule has 0 fully saturated rings. The van der Waals surface area contributed by atoms with Crippen molar-refractivity contribution < 1.29 is 0 Å². The zero-order valence-corrected chi connectivity index (χ0v) is 12.4. The monoisotopic (exact) mass is 309 g/mol. The van der Waals surface area contributed by atoms with Gasteiger partial charge in [-0.1, -0.05) is 24.3 Å². The molecule has 0 spiro atoms. The van der Waals surface area contributed by atoms with Gasteiger partial charge in [-0.15, -0.1) is 11.3 Å². The van der Waals surface area contributed by atoms with Crippen molar-refractivity contribution in [3.63, 3.8) is 0 Å². The predicted molar refractivity (Wildman–Crippen MR) is 78.5 cm³/mol. The Hall–Kier alpha value is -0.640. The van der Waals surface area contributed by atoms with E-state index in [-0.39, 0.29) is 0 Å². The Morgan fingerprint density at radius 3 is 2.76 bits per heavy atom. The third kappa shape index (κ3) is 3.41. The maximum absolute atomic E-state index is 3.56. The van der Waals surface area contributed by atoms with E-state index in [9.17, 15) is 0 Å². The average Bonchev–Trinajstić information content (AvgIpc) is 2.73. The Kier molecular flexibility index (Phi) is 4.37. The van der Waals surface area contributed by atoms with Crippen LogP contribution >= 0.6 is 27.3 Å². The second-order valence-corrected chi connectivity index (χ2v) is 6.51. The first-order chi connectivity index (χ1) is 8.16. The molecule has 0 radical (unpaired) electrons. The summed E-state index contributed by atoms with van der Waals surface area (Å²) >= 11 is 5.22. The fourth-order valence-corrected chi connectivity index (χ4v) is 3.10. The molecule has 90 valence electrons. The van der Waals surface area contributed by atoms with E-state index in [0.717, 1.165) is 6.54 Å². The van der Waals surface area contributed by atoms with Crippen LogP contribution in [0.1, 0.15) is 29.7 Å². The molecule has 2 aromatic rings. The van der Waals surface area contributed by atoms with Crippen LogP contribution in [-0.4, -0.2) is 0 Å². The van der Waals surface area contributed by atoms with Crippen LogP contribution in [0.3, 0.4) is 0 Å². The normalized spacial score (nSPS) is 12.6. The Labute approximate surface area is 115 Å². The van der Waals surface area contributed by atoms with Gasteiger partial charge in [0.2, 0.25) is 0 Å². The van der Waals surface area contributed by atoms with Crippen LogP contribution in [0.15, 0.2) is 39.5 Å². The van der Waals surface area contributed by atoms with Gasteiger partial charge in [0.25, 0.3) is 0 Å². The molecule has 1 N–H and O–H groups in total. The van der Waals surface area contributed by atoms with Crippen LogP contribution in [0.4, 0.5) is 0 Å². The van der Waals surface area contributed by atoms with Crippen molar-refractivity contribution in [2.45, 2.75) is 26.4 Å². The Bertz CT molecular complexity index is 492. The minimum absolute atomic E-state index is 0.384. The van der Waals surface area contributed by atoms with Gasteiger partial charge in [-0.2, -0.15) is 0 Å². The van der Waals surface area contributed by atoms with Gasteiger partial charge >= 0.3 is 0 Å². The second kappa shape index (κ2) is 5.80. The van der Waals surface area contributed by atoms with Crippen molar-refractivity contribution in [3.8, 4) is 0 Å². The van der Waals surface area contributed by atoms with Crippen LogP contribution < -0.4 is 5.32 Å². The molecule has 0 saturated carbocycles. The quantitative estimate of drug-likeness (QED) is 0.865. The molecule has 17 heavy (non-hydrogen) atoms. The van der Waals surface area contributed by atoms with Crippen LogP contribution in [0, 0.1) is 6.92 Å². The predicted octanol–water partition coefficient (Wildman–Crippen LogP) is 4.67. The molecule has 1 aromatic carbocycles. The standard InChI is InChI=1S/C14H16BrNS/c1-10-5-3-4-6-13(10)11(2)16-8-12-7-14(15)17-9-12/h3-7,9,11,16H,8H2,1-2H3/t11-/m1/s1. The molecule has 0 aliphatic carbocycles. The third-order valence-corrected chi connectivity index (χ3v) is 4.44. The van der Waals surface area contributed by atoms with E-state index >= 15 is 0 Å². The van der Waals surface area contributed by atoms with Gasteiger partial charge in [0, 0.05) is 12.6 Å². The number of thiophene rings is 1. The maximum Gasteiger partial charge on any atom is 0.0701 e. The molecular weight excluding hydrogens is 294 g/mol. The molecule has 0 bridgehead atoms. The average molecular weight is 310 g/mol. The van der Waals surface area contributed by atoms with Crippen LogP contribution in [0.25, 0.3) is 0 Å². The highest BCUT2D eigenvalue weighted by Crippen LogP contribution is 2.22. The molecule has 0 unspecified atom stereocenters. The number of hydrogen-bond acceptors (Lipinski definition) is 2. The smallest absolute Gasteiger partial charge is 0.0701 e. The molecule has 0 aliphatic heterocycles. The SMILES string of the molecule is Cc1ccccc1[C@@H](C)NCc1csc(Br)c1. The molecule has 2 rings (SSSR count). The van der Waals surface area contributed by atoms with Gasteiger partial charge in [0.1, 0.15) is 0 Å². The summed E-state index contributed by atoms with van der Waals surface area (Å²) in [5, 5.41) is 5.74. The van der Waals surface area contributed by atoms with E-state index in [1.54, 1.807) is 11.3 Å². The molecule has 0 amide bonds. The summed E-state index contributed by atoms with van der Waals surface area (Å²) in [6.07, 6.45) is 0. The Morgan fingerprint density at radius 1 is 1.35 bits per heavy atom. The number of benzene rings is 1. The van der Waals surface area contributed by atoms with E-state index in [4.69, 9.17) is 0 Å². The largest absolute Gasteiger partial charge is 0.306 e. The summed E-state index contributed by atoms with van der Waals surface area (Å²) in [4.78, 5) is 0. The molecule has 1 nitrogen and oxygen atoms in total. The van der Waals surface area contributed by atoms with Crippen molar-refractivity contribution in [2.75, 3.05) is 0 Å². The Morgan fingerprint density at radius 2 is 2.12 bits per heavy atom. The first-order valence-electron chi connectivity index (χ1n) is 5.68. The Balaban J connectivity index is 1.98. The minimum Gasteiger partial charge on any atom is -0.306 e. The van der Waals surface area contributed by atoms with Gasteiger partial charge in [-0.3, -0.25) is 0 Å². The molecule has 0 saturated heterocycles. The summed E-state index contributed by atoms with van der Waals surface area (Å²) in [6.45, 7) is 5.29. The van der Waals surface area contributed by atoms with Crippen LogP contribution in [0.5, 0.6) is 0 Å². The summed E-state index contributed by atoms with van der Waals surface area (Å²) in [6, 6.07) is 11.1. The fourth-order valence-electron chi connectivity index (χ4n) is 1.89. The fraction of sp³-hybridized carbons (Fsp3) is 0.286. The molecule has 1 aromatic heterocycles. The summed E-state index contributed by atoms with van der Waals surface area (Å²) in [7, 11) is 0. The van der Waals surface area contributed by atoms with Crippen molar-refractivity contribution in [1.82, 2.24) is 5.32 Å². The molecule has 3 heteroatoms. The van der Waals surface area contributed by atoms with Crippen molar-refractivity contribution in [2.24, 2.45) is 0 Å². The van der Waals surface area contributed by atoms with Gasteiger partial charge < -0.3 is 5.32 Å². The zero-order chi connectivity index (χ0) is 12.3. The minimum atomic E-state index is 0.384. The van der Waals surface area contributed by atoms with Gasteiger partial charge in [-0.25, -0.2) is 0 Å². The molecule has 0 aliphatic rings. The molecular formula is C14H16BrNS. The lowest BCUT2D eigenvalue weighted by Crippen LogP contribution is -2.18. The number of nitrogens with one attached hydrogen (secondary N) is 1. The van der Waals surface area contributed by atoms with Gasteiger partial charge in [-0.05, 0) is 57.9 Å². The van der Waals surface area contributed by atoms with E-state index in [1.165, 1.54) is 20.5 Å². The lowest BCUT2D eigenvalue weighted by molar-refractivity contribution is 0.573. The second-order valence-electron chi connectivity index (χ2n) is 4.22.